The fourth-order valence-electron chi connectivity index (χ4n) is 3.69. The summed E-state index contributed by atoms with van der Waals surface area (Å²) in [7, 11) is 0. The average molecular weight is 420 g/mol. The predicted octanol–water partition coefficient (Wildman–Crippen LogP) is 3.28. The zero-order chi connectivity index (χ0) is 21.4. The Labute approximate surface area is 176 Å². The molecule has 3 heterocycles. The average Bonchev–Trinajstić information content (AvgIpc) is 3.34. The maximum atomic E-state index is 14.2. The Kier molecular flexibility index (Phi) is 4.78. The molecule has 1 unspecified atom stereocenters. The van der Waals surface area contributed by atoms with Gasteiger partial charge in [0.05, 0.1) is 5.56 Å². The molecule has 0 saturated carbocycles. The Morgan fingerprint density at radius 2 is 1.81 bits per heavy atom. The first kappa shape index (κ1) is 19.1. The van der Waals surface area contributed by atoms with Crippen molar-refractivity contribution in [3.63, 3.8) is 0 Å². The number of hydrogen-bond acceptors (Lipinski definition) is 5. The van der Waals surface area contributed by atoms with E-state index in [2.05, 4.69) is 20.6 Å². The highest BCUT2D eigenvalue weighted by Crippen LogP contribution is 2.23. The number of carbonyl (C=O) groups excluding carboxylic acids is 1. The number of carbonyl (C=O) groups is 1. The van der Waals surface area contributed by atoms with Crippen molar-refractivity contribution >= 4 is 17.4 Å². The highest BCUT2D eigenvalue weighted by molar-refractivity contribution is 5.86. The molecule has 4 aromatic rings. The van der Waals surface area contributed by atoms with Crippen LogP contribution in [0, 0.1) is 11.6 Å². The Balaban J connectivity index is 1.35. The number of rotatable bonds is 5. The minimum Gasteiger partial charge on any atom is -0.357 e. The van der Waals surface area contributed by atoms with Crippen molar-refractivity contribution in [3.8, 4) is 11.4 Å². The van der Waals surface area contributed by atoms with E-state index in [1.807, 2.05) is 0 Å². The van der Waals surface area contributed by atoms with Crippen LogP contribution in [0.3, 0.4) is 0 Å². The summed E-state index contributed by atoms with van der Waals surface area (Å²) >= 11 is 0. The molecular weight excluding hydrogens is 402 g/mol. The number of benzene rings is 2. The lowest BCUT2D eigenvalue weighted by Crippen LogP contribution is -2.33. The number of anilines is 1. The van der Waals surface area contributed by atoms with Crippen LogP contribution in [0.5, 0.6) is 0 Å². The Morgan fingerprint density at radius 1 is 1.00 bits per heavy atom. The van der Waals surface area contributed by atoms with Gasteiger partial charge < -0.3 is 10.2 Å². The fourth-order valence-corrected chi connectivity index (χ4v) is 3.69. The summed E-state index contributed by atoms with van der Waals surface area (Å²) in [6.45, 7) is 1.01. The zero-order valence-electron chi connectivity index (χ0n) is 16.4. The van der Waals surface area contributed by atoms with Gasteiger partial charge in [0.2, 0.25) is 5.91 Å². The summed E-state index contributed by atoms with van der Waals surface area (Å²) in [5, 5.41) is 15.7. The summed E-state index contributed by atoms with van der Waals surface area (Å²) in [6, 6.07) is 15.4. The van der Waals surface area contributed by atoms with E-state index in [9.17, 15) is 13.6 Å². The van der Waals surface area contributed by atoms with Gasteiger partial charge in [0.25, 0.3) is 0 Å². The molecule has 1 aliphatic rings. The van der Waals surface area contributed by atoms with Gasteiger partial charge >= 0.3 is 0 Å². The highest BCUT2D eigenvalue weighted by atomic mass is 19.1. The molecule has 2 aromatic carbocycles. The molecule has 1 atom stereocenters. The molecule has 9 heteroatoms. The first-order valence-electron chi connectivity index (χ1n) is 9.85. The number of aromatic nitrogens is 4. The summed E-state index contributed by atoms with van der Waals surface area (Å²) in [5.41, 5.74) is 1.63. The van der Waals surface area contributed by atoms with Crippen LogP contribution >= 0.6 is 0 Å². The second-order valence-corrected chi connectivity index (χ2v) is 7.36. The maximum Gasteiger partial charge on any atom is 0.245 e. The van der Waals surface area contributed by atoms with E-state index < -0.39 is 11.9 Å². The minimum atomic E-state index is -0.432. The second kappa shape index (κ2) is 7.75. The maximum absolute atomic E-state index is 14.2. The van der Waals surface area contributed by atoms with Crippen LogP contribution in [0.15, 0.2) is 60.7 Å². The number of nitrogens with one attached hydrogen (secondary N) is 1. The van der Waals surface area contributed by atoms with Crippen molar-refractivity contribution in [1.29, 1.82) is 0 Å². The number of fused-ring (bicyclic) bond motifs is 1. The van der Waals surface area contributed by atoms with E-state index in [0.29, 0.717) is 36.5 Å². The molecule has 0 radical (unpaired) electrons. The molecule has 1 fully saturated rings. The number of hydrogen-bond donors (Lipinski definition) is 1. The second-order valence-electron chi connectivity index (χ2n) is 7.36. The number of halogens is 2. The standard InChI is InChI=1S/C22H18F2N6O/c23-15-7-5-14(6-8-15)13-29-12-11-18(22(29)31)25-19-9-10-20-26-27-21(30(20)28-19)16-3-1-2-4-17(16)24/h1-10,18H,11-13H2,(H,25,28). The van der Waals surface area contributed by atoms with Crippen LogP contribution in [0.25, 0.3) is 17.0 Å². The summed E-state index contributed by atoms with van der Waals surface area (Å²) < 4.78 is 28.8. The van der Waals surface area contributed by atoms with Crippen molar-refractivity contribution in [2.24, 2.45) is 0 Å². The third kappa shape index (κ3) is 3.70. The molecular formula is C22H18F2N6O. The van der Waals surface area contributed by atoms with Crippen LogP contribution in [-0.2, 0) is 11.3 Å². The van der Waals surface area contributed by atoms with Gasteiger partial charge in [0.1, 0.15) is 23.5 Å². The molecule has 2 aromatic heterocycles. The molecule has 1 aliphatic heterocycles. The zero-order valence-corrected chi connectivity index (χ0v) is 16.4. The van der Waals surface area contributed by atoms with Crippen molar-refractivity contribution in [2.45, 2.75) is 19.0 Å². The third-order valence-corrected chi connectivity index (χ3v) is 5.28. The highest BCUT2D eigenvalue weighted by Gasteiger charge is 2.31. The largest absolute Gasteiger partial charge is 0.357 e. The molecule has 156 valence electrons. The topological polar surface area (TPSA) is 75.4 Å². The SMILES string of the molecule is O=C1C(Nc2ccc3nnc(-c4ccccc4F)n3n2)CCN1Cc1ccc(F)cc1. The Hall–Kier alpha value is -3.88. The summed E-state index contributed by atoms with van der Waals surface area (Å²) in [5.74, 6) is -0.0239. The third-order valence-electron chi connectivity index (χ3n) is 5.28. The monoisotopic (exact) mass is 420 g/mol. The van der Waals surface area contributed by atoms with E-state index in [1.54, 1.807) is 47.4 Å². The minimum absolute atomic E-state index is 0.0516. The van der Waals surface area contributed by atoms with Crippen molar-refractivity contribution in [2.75, 3.05) is 11.9 Å². The first-order chi connectivity index (χ1) is 15.1. The molecule has 1 saturated heterocycles. The van der Waals surface area contributed by atoms with E-state index in [4.69, 9.17) is 0 Å². The van der Waals surface area contributed by atoms with Gasteiger partial charge in [-0.3, -0.25) is 4.79 Å². The number of amides is 1. The fraction of sp³-hybridized carbons (Fsp3) is 0.182. The predicted molar refractivity (Wildman–Crippen MR) is 110 cm³/mol. The van der Waals surface area contributed by atoms with Gasteiger partial charge in [-0.05, 0) is 48.4 Å². The van der Waals surface area contributed by atoms with Gasteiger partial charge in [-0.1, -0.05) is 24.3 Å². The van der Waals surface area contributed by atoms with Crippen LogP contribution in [-0.4, -0.2) is 43.2 Å². The van der Waals surface area contributed by atoms with E-state index in [-0.39, 0.29) is 17.5 Å². The van der Waals surface area contributed by atoms with Gasteiger partial charge in [0.15, 0.2) is 11.5 Å². The van der Waals surface area contributed by atoms with Crippen molar-refractivity contribution in [3.05, 3.63) is 77.9 Å². The molecule has 1 amide bonds. The van der Waals surface area contributed by atoms with Gasteiger partial charge in [-0.25, -0.2) is 8.78 Å². The van der Waals surface area contributed by atoms with Crippen LogP contribution in [0.1, 0.15) is 12.0 Å². The molecule has 5 rings (SSSR count). The lowest BCUT2D eigenvalue weighted by Gasteiger charge is -2.17. The molecule has 0 aliphatic carbocycles. The van der Waals surface area contributed by atoms with Crippen LogP contribution in [0.4, 0.5) is 14.6 Å². The van der Waals surface area contributed by atoms with Gasteiger partial charge in [-0.15, -0.1) is 15.3 Å². The number of nitrogens with zero attached hydrogens (tertiary/aromatic N) is 5. The molecule has 1 N–H and O–H groups in total. The van der Waals surface area contributed by atoms with Crippen LogP contribution < -0.4 is 5.32 Å². The van der Waals surface area contributed by atoms with Crippen LogP contribution in [0.2, 0.25) is 0 Å². The Bertz CT molecular complexity index is 1260. The molecule has 31 heavy (non-hydrogen) atoms. The Morgan fingerprint density at radius 3 is 2.61 bits per heavy atom. The quantitative estimate of drug-likeness (QED) is 0.536. The van der Waals surface area contributed by atoms with E-state index in [0.717, 1.165) is 5.56 Å². The summed E-state index contributed by atoms with van der Waals surface area (Å²) in [6.07, 6.45) is 0.613. The van der Waals surface area contributed by atoms with Crippen molar-refractivity contribution < 1.29 is 13.6 Å². The first-order valence-corrected chi connectivity index (χ1v) is 9.85. The molecule has 7 nitrogen and oxygen atoms in total. The molecule has 0 bridgehead atoms. The smallest absolute Gasteiger partial charge is 0.245 e. The summed E-state index contributed by atoms with van der Waals surface area (Å²) in [4.78, 5) is 14.5. The number of likely N-dealkylation sites (tertiary alicyclic amines) is 1. The lowest BCUT2D eigenvalue weighted by atomic mass is 10.2. The van der Waals surface area contributed by atoms with Gasteiger partial charge in [0, 0.05) is 13.1 Å². The normalized spacial score (nSPS) is 16.3. The molecule has 0 spiro atoms. The lowest BCUT2D eigenvalue weighted by molar-refractivity contribution is -0.128. The van der Waals surface area contributed by atoms with Gasteiger partial charge in [-0.2, -0.15) is 4.52 Å². The van der Waals surface area contributed by atoms with Crippen molar-refractivity contribution in [1.82, 2.24) is 24.7 Å². The van der Waals surface area contributed by atoms with E-state index in [1.165, 1.54) is 22.7 Å². The van der Waals surface area contributed by atoms with E-state index >= 15 is 0 Å².